The van der Waals surface area contributed by atoms with Gasteiger partial charge >= 0.3 is 0 Å². The first-order valence-electron chi connectivity index (χ1n) is 5.60. The number of nitro groups is 1. The smallest absolute Gasteiger partial charge is 0.292 e. The van der Waals surface area contributed by atoms with E-state index in [0.29, 0.717) is 12.2 Å². The Morgan fingerprint density at radius 3 is 2.72 bits per heavy atom. The summed E-state index contributed by atoms with van der Waals surface area (Å²) in [7, 11) is 0. The Kier molecular flexibility index (Phi) is 3.32. The molecule has 0 saturated carbocycles. The van der Waals surface area contributed by atoms with Crippen molar-refractivity contribution in [3.8, 4) is 0 Å². The summed E-state index contributed by atoms with van der Waals surface area (Å²) in [4.78, 5) is 10.5. The van der Waals surface area contributed by atoms with Gasteiger partial charge in [-0.05, 0) is 37.1 Å². The lowest BCUT2D eigenvalue weighted by molar-refractivity contribution is -0.384. The van der Waals surface area contributed by atoms with E-state index in [1.807, 2.05) is 19.9 Å². The summed E-state index contributed by atoms with van der Waals surface area (Å²) in [5.41, 5.74) is 2.58. The van der Waals surface area contributed by atoms with Crippen LogP contribution in [0, 0.1) is 24.0 Å². The fourth-order valence-corrected chi connectivity index (χ4v) is 1.71. The minimum atomic E-state index is -0.392. The van der Waals surface area contributed by atoms with Crippen LogP contribution in [-0.4, -0.2) is 4.92 Å². The van der Waals surface area contributed by atoms with E-state index in [1.54, 1.807) is 18.4 Å². The minimum absolute atomic E-state index is 0.0739. The van der Waals surface area contributed by atoms with Crippen molar-refractivity contribution in [2.75, 3.05) is 5.32 Å². The summed E-state index contributed by atoms with van der Waals surface area (Å²) in [6.07, 6.45) is 1.61. The number of nitro benzene ring substituents is 1. The van der Waals surface area contributed by atoms with Gasteiger partial charge in [0.1, 0.15) is 11.4 Å². The third-order valence-corrected chi connectivity index (χ3v) is 2.76. The average Bonchev–Trinajstić information content (AvgIpc) is 2.72. The summed E-state index contributed by atoms with van der Waals surface area (Å²) < 4.78 is 5.28. The Hall–Kier alpha value is -2.30. The van der Waals surface area contributed by atoms with Crippen LogP contribution in [0.2, 0.25) is 0 Å². The largest absolute Gasteiger partial charge is 0.467 e. The molecule has 0 aliphatic heterocycles. The van der Waals surface area contributed by atoms with Gasteiger partial charge in [-0.25, -0.2) is 0 Å². The fraction of sp³-hybridized carbons (Fsp3) is 0.231. The van der Waals surface area contributed by atoms with Gasteiger partial charge in [-0.1, -0.05) is 6.07 Å². The van der Waals surface area contributed by atoms with Crippen molar-refractivity contribution in [1.29, 1.82) is 0 Å². The molecule has 0 spiro atoms. The second-order valence-corrected chi connectivity index (χ2v) is 4.16. The normalized spacial score (nSPS) is 10.3. The lowest BCUT2D eigenvalue weighted by Crippen LogP contribution is -2.03. The second-order valence-electron chi connectivity index (χ2n) is 4.16. The van der Waals surface area contributed by atoms with Crippen LogP contribution in [0.25, 0.3) is 0 Å². The third kappa shape index (κ3) is 2.51. The average molecular weight is 246 g/mol. The van der Waals surface area contributed by atoms with Gasteiger partial charge in [-0.15, -0.1) is 0 Å². The fourth-order valence-electron chi connectivity index (χ4n) is 1.71. The van der Waals surface area contributed by atoms with Gasteiger partial charge in [0.15, 0.2) is 0 Å². The molecule has 18 heavy (non-hydrogen) atoms. The first-order valence-corrected chi connectivity index (χ1v) is 5.60. The van der Waals surface area contributed by atoms with Crippen molar-refractivity contribution >= 4 is 11.4 Å². The van der Waals surface area contributed by atoms with Gasteiger partial charge < -0.3 is 9.73 Å². The number of rotatable bonds is 4. The molecule has 0 unspecified atom stereocenters. The molecule has 0 bridgehead atoms. The van der Waals surface area contributed by atoms with E-state index in [2.05, 4.69) is 5.32 Å². The molecule has 5 heteroatoms. The zero-order valence-corrected chi connectivity index (χ0v) is 10.3. The molecule has 2 aromatic rings. The predicted octanol–water partition coefficient (Wildman–Crippen LogP) is 3.42. The maximum atomic E-state index is 10.9. The van der Waals surface area contributed by atoms with Gasteiger partial charge in [-0.3, -0.25) is 10.1 Å². The van der Waals surface area contributed by atoms with Crippen molar-refractivity contribution in [3.05, 3.63) is 57.5 Å². The molecule has 0 saturated heterocycles. The maximum Gasteiger partial charge on any atom is 0.292 e. The Balaban J connectivity index is 2.20. The molecular formula is C13H14N2O3. The van der Waals surface area contributed by atoms with E-state index in [-0.39, 0.29) is 5.69 Å². The number of nitrogens with zero attached hydrogens (tertiary/aromatic N) is 1. The zero-order valence-electron chi connectivity index (χ0n) is 10.3. The summed E-state index contributed by atoms with van der Waals surface area (Å²) in [5, 5.41) is 13.9. The van der Waals surface area contributed by atoms with Crippen molar-refractivity contribution in [2.45, 2.75) is 20.4 Å². The van der Waals surface area contributed by atoms with Crippen molar-refractivity contribution in [3.63, 3.8) is 0 Å². The van der Waals surface area contributed by atoms with Gasteiger partial charge in [0.25, 0.3) is 5.69 Å². The number of furan rings is 1. The summed E-state index contributed by atoms with van der Waals surface area (Å²) >= 11 is 0. The lowest BCUT2D eigenvalue weighted by Gasteiger charge is -2.07. The minimum Gasteiger partial charge on any atom is -0.467 e. The zero-order chi connectivity index (χ0) is 13.1. The highest BCUT2D eigenvalue weighted by Crippen LogP contribution is 2.26. The SMILES string of the molecule is Cc1ccc([N+](=O)[O-])c(NCc2occc2C)c1. The van der Waals surface area contributed by atoms with Crippen LogP contribution in [0.5, 0.6) is 0 Å². The van der Waals surface area contributed by atoms with Crippen molar-refractivity contribution in [2.24, 2.45) is 0 Å². The molecule has 0 fully saturated rings. The highest BCUT2D eigenvalue weighted by atomic mass is 16.6. The number of benzene rings is 1. The van der Waals surface area contributed by atoms with E-state index in [4.69, 9.17) is 4.42 Å². The summed E-state index contributed by atoms with van der Waals surface area (Å²) in [6, 6.07) is 6.85. The van der Waals surface area contributed by atoms with Crippen LogP contribution in [0.1, 0.15) is 16.9 Å². The Morgan fingerprint density at radius 2 is 2.11 bits per heavy atom. The number of nitrogens with one attached hydrogen (secondary N) is 1. The van der Waals surface area contributed by atoms with E-state index >= 15 is 0 Å². The molecule has 0 radical (unpaired) electrons. The number of hydrogen-bond acceptors (Lipinski definition) is 4. The highest BCUT2D eigenvalue weighted by molar-refractivity contribution is 5.62. The standard InChI is InChI=1S/C13H14N2O3/c1-9-3-4-12(15(16)17)11(7-9)14-8-13-10(2)5-6-18-13/h3-7,14H,8H2,1-2H3. The van der Waals surface area contributed by atoms with Crippen LogP contribution in [0.4, 0.5) is 11.4 Å². The number of anilines is 1. The molecular weight excluding hydrogens is 232 g/mol. The monoisotopic (exact) mass is 246 g/mol. The van der Waals surface area contributed by atoms with Crippen LogP contribution < -0.4 is 5.32 Å². The predicted molar refractivity (Wildman–Crippen MR) is 68.6 cm³/mol. The van der Waals surface area contributed by atoms with E-state index in [9.17, 15) is 10.1 Å². The molecule has 5 nitrogen and oxygen atoms in total. The van der Waals surface area contributed by atoms with E-state index in [0.717, 1.165) is 16.9 Å². The van der Waals surface area contributed by atoms with Crippen LogP contribution >= 0.6 is 0 Å². The molecule has 0 aliphatic rings. The first kappa shape index (κ1) is 12.2. The molecule has 94 valence electrons. The molecule has 0 aliphatic carbocycles. The van der Waals surface area contributed by atoms with Crippen molar-refractivity contribution in [1.82, 2.24) is 0 Å². The van der Waals surface area contributed by atoms with Crippen LogP contribution in [0.15, 0.2) is 34.9 Å². The second kappa shape index (κ2) is 4.91. The molecule has 2 rings (SSSR count). The molecule has 1 N–H and O–H groups in total. The van der Waals surface area contributed by atoms with Gasteiger partial charge in [0.05, 0.1) is 17.7 Å². The quantitative estimate of drug-likeness (QED) is 0.663. The first-order chi connectivity index (χ1) is 8.58. The van der Waals surface area contributed by atoms with Crippen LogP contribution in [0.3, 0.4) is 0 Å². The molecule has 1 aromatic carbocycles. The number of hydrogen-bond donors (Lipinski definition) is 1. The Morgan fingerprint density at radius 1 is 1.33 bits per heavy atom. The van der Waals surface area contributed by atoms with Crippen molar-refractivity contribution < 1.29 is 9.34 Å². The van der Waals surface area contributed by atoms with E-state index in [1.165, 1.54) is 6.07 Å². The van der Waals surface area contributed by atoms with Crippen LogP contribution in [-0.2, 0) is 6.54 Å². The van der Waals surface area contributed by atoms with Gasteiger partial charge in [0, 0.05) is 6.07 Å². The molecule has 1 aromatic heterocycles. The Labute approximate surface area is 105 Å². The maximum absolute atomic E-state index is 10.9. The third-order valence-electron chi connectivity index (χ3n) is 2.76. The van der Waals surface area contributed by atoms with Gasteiger partial charge in [-0.2, -0.15) is 0 Å². The molecule has 0 amide bonds. The summed E-state index contributed by atoms with van der Waals surface area (Å²) in [5.74, 6) is 0.783. The van der Waals surface area contributed by atoms with E-state index < -0.39 is 4.92 Å². The number of aryl methyl sites for hydroxylation is 2. The van der Waals surface area contributed by atoms with Gasteiger partial charge in [0.2, 0.25) is 0 Å². The highest BCUT2D eigenvalue weighted by Gasteiger charge is 2.13. The lowest BCUT2D eigenvalue weighted by atomic mass is 10.2. The molecule has 1 heterocycles. The molecule has 0 atom stereocenters. The summed E-state index contributed by atoms with van der Waals surface area (Å²) in [6.45, 7) is 4.27. The topological polar surface area (TPSA) is 68.3 Å². The Bertz CT molecular complexity index is 575.